The van der Waals surface area contributed by atoms with Crippen LogP contribution in [0.1, 0.15) is 15.9 Å². The average molecular weight is 449 g/mol. The highest BCUT2D eigenvalue weighted by molar-refractivity contribution is 7.87. The van der Waals surface area contributed by atoms with Gasteiger partial charge in [0, 0.05) is 10.6 Å². The van der Waals surface area contributed by atoms with Crippen LogP contribution in [0.2, 0.25) is 5.02 Å². The van der Waals surface area contributed by atoms with Crippen molar-refractivity contribution in [2.75, 3.05) is 0 Å². The summed E-state index contributed by atoms with van der Waals surface area (Å²) in [5.41, 5.74) is 1.34. The first kappa shape index (κ1) is 20.8. The molecule has 0 atom stereocenters. The standard InChI is InChI=1S/C25H17ClO4S/c26-22-10-14-24(15-11-22)31(28,29)30-23-12-5-18(6-13-23)7-16-25(27)21-9-8-19-3-1-2-4-20(19)17-21/h1-17H. The van der Waals surface area contributed by atoms with Crippen LogP contribution >= 0.6 is 11.6 Å². The Labute approximate surface area is 185 Å². The van der Waals surface area contributed by atoms with Gasteiger partial charge in [-0.3, -0.25) is 4.79 Å². The van der Waals surface area contributed by atoms with Crippen molar-refractivity contribution in [3.63, 3.8) is 0 Å². The molecule has 4 rings (SSSR count). The molecule has 31 heavy (non-hydrogen) atoms. The fourth-order valence-electron chi connectivity index (χ4n) is 3.02. The molecule has 0 fully saturated rings. The second-order valence-electron chi connectivity index (χ2n) is 6.82. The summed E-state index contributed by atoms with van der Waals surface area (Å²) in [6.07, 6.45) is 3.17. The smallest absolute Gasteiger partial charge is 0.339 e. The van der Waals surface area contributed by atoms with Gasteiger partial charge in [-0.1, -0.05) is 66.2 Å². The van der Waals surface area contributed by atoms with Crippen LogP contribution in [-0.2, 0) is 10.1 Å². The molecule has 0 heterocycles. The van der Waals surface area contributed by atoms with Crippen LogP contribution in [0.15, 0.2) is 102 Å². The maximum atomic E-state index is 12.5. The Hall–Kier alpha value is -3.41. The number of halogens is 1. The summed E-state index contributed by atoms with van der Waals surface area (Å²) in [5, 5.41) is 2.52. The van der Waals surface area contributed by atoms with E-state index in [-0.39, 0.29) is 16.4 Å². The lowest BCUT2D eigenvalue weighted by atomic mass is 10.0. The number of carbonyl (C=O) groups excluding carboxylic acids is 1. The molecule has 0 aliphatic carbocycles. The summed E-state index contributed by atoms with van der Waals surface area (Å²) < 4.78 is 29.8. The van der Waals surface area contributed by atoms with Gasteiger partial charge in [0.2, 0.25) is 0 Å². The van der Waals surface area contributed by atoms with Crippen LogP contribution in [0.3, 0.4) is 0 Å². The Kier molecular flexibility index (Phi) is 5.89. The zero-order valence-corrected chi connectivity index (χ0v) is 17.8. The molecule has 154 valence electrons. The summed E-state index contributed by atoms with van der Waals surface area (Å²) in [5.74, 6) is 0.0596. The van der Waals surface area contributed by atoms with E-state index in [1.165, 1.54) is 42.5 Å². The lowest BCUT2D eigenvalue weighted by Crippen LogP contribution is -2.09. The van der Waals surface area contributed by atoms with Gasteiger partial charge in [-0.25, -0.2) is 0 Å². The monoisotopic (exact) mass is 448 g/mol. The molecule has 0 spiro atoms. The molecular weight excluding hydrogens is 432 g/mol. The number of carbonyl (C=O) groups is 1. The normalized spacial score (nSPS) is 11.6. The molecule has 0 aliphatic heterocycles. The molecule has 0 bridgehead atoms. The lowest BCUT2D eigenvalue weighted by Gasteiger charge is -2.07. The number of fused-ring (bicyclic) bond motifs is 1. The third-order valence-electron chi connectivity index (χ3n) is 4.65. The van der Waals surface area contributed by atoms with Gasteiger partial charge in [-0.2, -0.15) is 8.42 Å². The first-order valence-electron chi connectivity index (χ1n) is 9.42. The van der Waals surface area contributed by atoms with Crippen LogP contribution in [0.5, 0.6) is 5.75 Å². The van der Waals surface area contributed by atoms with Crippen LogP contribution < -0.4 is 4.18 Å². The minimum absolute atomic E-state index is 0.0156. The predicted octanol–water partition coefficient (Wildman–Crippen LogP) is 6.16. The zero-order valence-electron chi connectivity index (χ0n) is 16.2. The quantitative estimate of drug-likeness (QED) is 0.201. The Morgan fingerprint density at radius 2 is 1.48 bits per heavy atom. The van der Waals surface area contributed by atoms with E-state index in [2.05, 4.69) is 0 Å². The summed E-state index contributed by atoms with van der Waals surface area (Å²) in [7, 11) is -3.95. The van der Waals surface area contributed by atoms with Crippen molar-refractivity contribution in [3.05, 3.63) is 113 Å². The summed E-state index contributed by atoms with van der Waals surface area (Å²) in [4.78, 5) is 12.5. The highest BCUT2D eigenvalue weighted by Gasteiger charge is 2.16. The molecule has 4 aromatic rings. The van der Waals surface area contributed by atoms with E-state index >= 15 is 0 Å². The van der Waals surface area contributed by atoms with Crippen molar-refractivity contribution < 1.29 is 17.4 Å². The Balaban J connectivity index is 1.45. The number of ketones is 1. The van der Waals surface area contributed by atoms with Gasteiger partial charge in [0.15, 0.2) is 5.78 Å². The van der Waals surface area contributed by atoms with E-state index in [1.54, 1.807) is 24.3 Å². The molecule has 4 nitrogen and oxygen atoms in total. The van der Waals surface area contributed by atoms with Gasteiger partial charge in [0.05, 0.1) is 0 Å². The van der Waals surface area contributed by atoms with E-state index in [1.807, 2.05) is 36.4 Å². The van der Waals surface area contributed by atoms with Gasteiger partial charge in [0.1, 0.15) is 10.6 Å². The summed E-state index contributed by atoms with van der Waals surface area (Å²) in [6.45, 7) is 0. The molecule has 0 saturated carbocycles. The first-order valence-corrected chi connectivity index (χ1v) is 11.2. The number of allylic oxidation sites excluding steroid dienone is 1. The maximum Gasteiger partial charge on any atom is 0.339 e. The third-order valence-corrected chi connectivity index (χ3v) is 6.16. The van der Waals surface area contributed by atoms with Crippen molar-refractivity contribution in [3.8, 4) is 5.75 Å². The lowest BCUT2D eigenvalue weighted by molar-refractivity contribution is 0.104. The summed E-state index contributed by atoms with van der Waals surface area (Å²) in [6, 6.07) is 25.6. The molecule has 0 amide bonds. The highest BCUT2D eigenvalue weighted by atomic mass is 35.5. The minimum Gasteiger partial charge on any atom is -0.379 e. The average Bonchev–Trinajstić information content (AvgIpc) is 2.78. The Bertz CT molecular complexity index is 1370. The second-order valence-corrected chi connectivity index (χ2v) is 8.80. The minimum atomic E-state index is -3.95. The van der Waals surface area contributed by atoms with Gasteiger partial charge in [-0.15, -0.1) is 0 Å². The molecule has 0 unspecified atom stereocenters. The molecule has 0 aliphatic rings. The van der Waals surface area contributed by atoms with E-state index in [9.17, 15) is 13.2 Å². The topological polar surface area (TPSA) is 60.4 Å². The molecule has 0 saturated heterocycles. The molecule has 0 aromatic heterocycles. The van der Waals surface area contributed by atoms with Crippen LogP contribution in [-0.4, -0.2) is 14.2 Å². The molecular formula is C25H17ClO4S. The van der Waals surface area contributed by atoms with Crippen molar-refractivity contribution in [1.29, 1.82) is 0 Å². The first-order chi connectivity index (χ1) is 14.9. The highest BCUT2D eigenvalue weighted by Crippen LogP contribution is 2.21. The van der Waals surface area contributed by atoms with Crippen molar-refractivity contribution in [1.82, 2.24) is 0 Å². The zero-order chi connectivity index (χ0) is 21.8. The second kappa shape index (κ2) is 8.76. The predicted molar refractivity (Wildman–Crippen MR) is 123 cm³/mol. The van der Waals surface area contributed by atoms with Crippen molar-refractivity contribution in [2.24, 2.45) is 0 Å². The fraction of sp³-hybridized carbons (Fsp3) is 0. The van der Waals surface area contributed by atoms with Crippen molar-refractivity contribution >= 4 is 44.4 Å². The van der Waals surface area contributed by atoms with Crippen LogP contribution in [0.25, 0.3) is 16.8 Å². The SMILES string of the molecule is O=C(C=Cc1ccc(OS(=O)(=O)c2ccc(Cl)cc2)cc1)c1ccc2ccccc2c1. The van der Waals surface area contributed by atoms with Gasteiger partial charge in [-0.05, 0) is 64.9 Å². The number of benzene rings is 4. The van der Waals surface area contributed by atoms with Crippen LogP contribution in [0, 0.1) is 0 Å². The maximum absolute atomic E-state index is 12.5. The Morgan fingerprint density at radius 1 is 0.806 bits per heavy atom. The van der Waals surface area contributed by atoms with Crippen molar-refractivity contribution in [2.45, 2.75) is 4.90 Å². The van der Waals surface area contributed by atoms with Gasteiger partial charge >= 0.3 is 10.1 Å². The summed E-state index contributed by atoms with van der Waals surface area (Å²) >= 11 is 5.79. The number of hydrogen-bond donors (Lipinski definition) is 0. The van der Waals surface area contributed by atoms with Gasteiger partial charge < -0.3 is 4.18 Å². The van der Waals surface area contributed by atoms with E-state index in [4.69, 9.17) is 15.8 Å². The number of hydrogen-bond acceptors (Lipinski definition) is 4. The Morgan fingerprint density at radius 3 is 2.19 bits per heavy atom. The molecule has 4 aromatic carbocycles. The third kappa shape index (κ3) is 5.02. The van der Waals surface area contributed by atoms with E-state index < -0.39 is 10.1 Å². The molecule has 6 heteroatoms. The largest absolute Gasteiger partial charge is 0.379 e. The number of rotatable bonds is 6. The van der Waals surface area contributed by atoms with E-state index in [0.717, 1.165) is 16.3 Å². The fourth-order valence-corrected chi connectivity index (χ4v) is 4.08. The molecule has 0 radical (unpaired) electrons. The van der Waals surface area contributed by atoms with Crippen LogP contribution in [0.4, 0.5) is 0 Å². The van der Waals surface area contributed by atoms with Gasteiger partial charge in [0.25, 0.3) is 0 Å². The van der Waals surface area contributed by atoms with E-state index in [0.29, 0.717) is 10.6 Å². The molecule has 0 N–H and O–H groups in total.